The monoisotopic (exact) mass is 169 g/mol. The number of aromatic nitrogens is 2. The van der Waals surface area contributed by atoms with Crippen molar-refractivity contribution in [3.05, 3.63) is 26.9 Å². The van der Waals surface area contributed by atoms with E-state index >= 15 is 0 Å². The fourth-order valence-corrected chi connectivity index (χ4v) is 0.777. The van der Waals surface area contributed by atoms with Crippen molar-refractivity contribution in [2.24, 2.45) is 0 Å². The predicted octanol–water partition coefficient (Wildman–Crippen LogP) is 0.603. The second-order valence-electron chi connectivity index (χ2n) is 1.94. The van der Waals surface area contributed by atoms with Gasteiger partial charge in [-0.2, -0.15) is 10.2 Å². The summed E-state index contributed by atoms with van der Waals surface area (Å²) in [6.07, 6.45) is 0. The van der Waals surface area contributed by atoms with E-state index in [9.17, 15) is 4.79 Å². The number of nitrogens with one attached hydrogen (secondary N) is 1. The van der Waals surface area contributed by atoms with Crippen LogP contribution in [0.25, 0.3) is 0 Å². The number of aromatic amines is 1. The molecule has 11 heavy (non-hydrogen) atoms. The molecular formula is C6H4ClN3O. The average Bonchev–Trinajstić information content (AvgIpc) is 1.96. The van der Waals surface area contributed by atoms with E-state index in [1.807, 2.05) is 0 Å². The Balaban J connectivity index is 3.52. The minimum Gasteiger partial charge on any atom is -0.309 e. The van der Waals surface area contributed by atoms with Crippen molar-refractivity contribution in [3.8, 4) is 6.07 Å². The highest BCUT2D eigenvalue weighted by Crippen LogP contribution is 2.12. The normalized spacial score (nSPS) is 9.18. The summed E-state index contributed by atoms with van der Waals surface area (Å²) in [6.45, 7) is 1.60. The van der Waals surface area contributed by atoms with Crippen LogP contribution in [0.5, 0.6) is 0 Å². The summed E-state index contributed by atoms with van der Waals surface area (Å²) in [5.41, 5.74) is -0.125. The molecule has 0 aromatic carbocycles. The van der Waals surface area contributed by atoms with E-state index in [2.05, 4.69) is 9.97 Å². The third kappa shape index (κ3) is 1.38. The largest absolute Gasteiger partial charge is 0.346 e. The van der Waals surface area contributed by atoms with Gasteiger partial charge in [-0.25, -0.2) is 4.79 Å². The van der Waals surface area contributed by atoms with Gasteiger partial charge in [-0.15, -0.1) is 0 Å². The summed E-state index contributed by atoms with van der Waals surface area (Å²) in [7, 11) is 0. The second-order valence-corrected chi connectivity index (χ2v) is 2.32. The highest BCUT2D eigenvalue weighted by atomic mass is 35.5. The molecule has 1 N–H and O–H groups in total. The average molecular weight is 170 g/mol. The van der Waals surface area contributed by atoms with E-state index in [0.29, 0.717) is 5.69 Å². The molecule has 0 unspecified atom stereocenters. The van der Waals surface area contributed by atoms with Gasteiger partial charge in [-0.1, -0.05) is 11.6 Å². The fourth-order valence-electron chi connectivity index (χ4n) is 0.646. The Morgan fingerprint density at radius 3 is 2.91 bits per heavy atom. The van der Waals surface area contributed by atoms with Crippen LogP contribution in [-0.4, -0.2) is 9.97 Å². The van der Waals surface area contributed by atoms with Crippen LogP contribution in [0.2, 0.25) is 5.02 Å². The van der Waals surface area contributed by atoms with Crippen molar-refractivity contribution in [2.45, 2.75) is 6.92 Å². The molecule has 1 heterocycles. The van der Waals surface area contributed by atoms with Crippen molar-refractivity contribution in [1.82, 2.24) is 9.97 Å². The lowest BCUT2D eigenvalue weighted by Crippen LogP contribution is -2.13. The molecule has 0 amide bonds. The minimum absolute atomic E-state index is 0.0343. The quantitative estimate of drug-likeness (QED) is 0.619. The standard InChI is InChI=1S/C6H4ClN3O/c1-3-5(7)4(2-8)10-6(11)9-3/h1H3,(H,9,10,11). The summed E-state index contributed by atoms with van der Waals surface area (Å²) in [5.74, 6) is 0. The first kappa shape index (κ1) is 7.76. The van der Waals surface area contributed by atoms with Crippen LogP contribution in [0.4, 0.5) is 0 Å². The van der Waals surface area contributed by atoms with Gasteiger partial charge in [0, 0.05) is 5.69 Å². The maximum Gasteiger partial charge on any atom is 0.346 e. The number of hydrogen-bond acceptors (Lipinski definition) is 3. The summed E-state index contributed by atoms with van der Waals surface area (Å²) in [4.78, 5) is 16.4. The van der Waals surface area contributed by atoms with Crippen LogP contribution in [-0.2, 0) is 0 Å². The van der Waals surface area contributed by atoms with Crippen molar-refractivity contribution >= 4 is 11.6 Å². The SMILES string of the molecule is Cc1[nH]c(=O)nc(C#N)c1Cl. The molecule has 0 aliphatic heterocycles. The molecule has 56 valence electrons. The van der Waals surface area contributed by atoms with Gasteiger partial charge in [-0.3, -0.25) is 0 Å². The molecule has 0 fully saturated rings. The second kappa shape index (κ2) is 2.72. The van der Waals surface area contributed by atoms with Gasteiger partial charge in [-0.05, 0) is 6.92 Å². The molecule has 0 aliphatic rings. The maximum absolute atomic E-state index is 10.6. The Hall–Kier alpha value is -1.34. The molecule has 0 radical (unpaired) electrons. The van der Waals surface area contributed by atoms with Gasteiger partial charge in [0.15, 0.2) is 5.69 Å². The number of nitriles is 1. The lowest BCUT2D eigenvalue weighted by atomic mass is 10.3. The third-order valence-electron chi connectivity index (χ3n) is 1.15. The highest BCUT2D eigenvalue weighted by molar-refractivity contribution is 6.32. The minimum atomic E-state index is -0.552. The fraction of sp³-hybridized carbons (Fsp3) is 0.167. The zero-order valence-corrected chi connectivity index (χ0v) is 6.44. The van der Waals surface area contributed by atoms with Crippen LogP contribution in [0, 0.1) is 18.3 Å². The number of halogens is 1. The Morgan fingerprint density at radius 1 is 1.73 bits per heavy atom. The molecule has 0 saturated heterocycles. The van der Waals surface area contributed by atoms with E-state index in [1.54, 1.807) is 13.0 Å². The first-order chi connectivity index (χ1) is 5.15. The number of hydrogen-bond donors (Lipinski definition) is 1. The number of rotatable bonds is 0. The van der Waals surface area contributed by atoms with Crippen LogP contribution < -0.4 is 5.69 Å². The lowest BCUT2D eigenvalue weighted by Gasteiger charge is -1.95. The first-order valence-electron chi connectivity index (χ1n) is 2.81. The Labute approximate surface area is 67.5 Å². The van der Waals surface area contributed by atoms with E-state index in [4.69, 9.17) is 16.9 Å². The Morgan fingerprint density at radius 2 is 2.36 bits per heavy atom. The summed E-state index contributed by atoms with van der Waals surface area (Å²) in [6, 6.07) is 1.71. The Bertz CT molecular complexity index is 376. The summed E-state index contributed by atoms with van der Waals surface area (Å²) < 4.78 is 0. The first-order valence-corrected chi connectivity index (χ1v) is 3.19. The van der Waals surface area contributed by atoms with Crippen molar-refractivity contribution in [1.29, 1.82) is 5.26 Å². The van der Waals surface area contributed by atoms with Crippen LogP contribution in [0.15, 0.2) is 4.79 Å². The lowest BCUT2D eigenvalue weighted by molar-refractivity contribution is 1.01. The Kier molecular flexibility index (Phi) is 1.92. The summed E-state index contributed by atoms with van der Waals surface area (Å²) >= 11 is 5.61. The predicted molar refractivity (Wildman–Crippen MR) is 39.3 cm³/mol. The van der Waals surface area contributed by atoms with Crippen molar-refractivity contribution in [3.63, 3.8) is 0 Å². The van der Waals surface area contributed by atoms with Gasteiger partial charge in [0.05, 0.1) is 5.02 Å². The molecule has 0 atom stereocenters. The van der Waals surface area contributed by atoms with Crippen LogP contribution >= 0.6 is 11.6 Å². The van der Waals surface area contributed by atoms with Gasteiger partial charge in [0.2, 0.25) is 0 Å². The number of aryl methyl sites for hydroxylation is 1. The van der Waals surface area contributed by atoms with E-state index in [0.717, 1.165) is 0 Å². The number of nitrogens with zero attached hydrogens (tertiary/aromatic N) is 2. The van der Waals surface area contributed by atoms with Crippen molar-refractivity contribution in [2.75, 3.05) is 0 Å². The molecular weight excluding hydrogens is 166 g/mol. The van der Waals surface area contributed by atoms with Gasteiger partial charge in [0.25, 0.3) is 0 Å². The van der Waals surface area contributed by atoms with Crippen molar-refractivity contribution < 1.29 is 0 Å². The van der Waals surface area contributed by atoms with E-state index in [1.165, 1.54) is 0 Å². The maximum atomic E-state index is 10.6. The van der Waals surface area contributed by atoms with Gasteiger partial charge < -0.3 is 4.98 Å². The molecule has 0 saturated carbocycles. The van der Waals surface area contributed by atoms with Crippen LogP contribution in [0.1, 0.15) is 11.4 Å². The third-order valence-corrected chi connectivity index (χ3v) is 1.61. The van der Waals surface area contributed by atoms with E-state index in [-0.39, 0.29) is 10.7 Å². The molecule has 0 bridgehead atoms. The van der Waals surface area contributed by atoms with Gasteiger partial charge >= 0.3 is 5.69 Å². The molecule has 1 aromatic rings. The molecule has 0 spiro atoms. The molecule has 0 aliphatic carbocycles. The molecule has 1 rings (SSSR count). The zero-order chi connectivity index (χ0) is 8.43. The number of H-pyrrole nitrogens is 1. The van der Waals surface area contributed by atoms with Crippen LogP contribution in [0.3, 0.4) is 0 Å². The zero-order valence-electron chi connectivity index (χ0n) is 5.68. The summed E-state index contributed by atoms with van der Waals surface area (Å²) in [5, 5.41) is 8.62. The molecule has 4 nitrogen and oxygen atoms in total. The highest BCUT2D eigenvalue weighted by Gasteiger charge is 2.04. The van der Waals surface area contributed by atoms with Gasteiger partial charge in [0.1, 0.15) is 6.07 Å². The molecule has 1 aromatic heterocycles. The van der Waals surface area contributed by atoms with E-state index < -0.39 is 5.69 Å². The topological polar surface area (TPSA) is 69.5 Å². The molecule has 5 heteroatoms. The smallest absolute Gasteiger partial charge is 0.309 e.